The van der Waals surface area contributed by atoms with Gasteiger partial charge < -0.3 is 16.0 Å². The van der Waals surface area contributed by atoms with Gasteiger partial charge in [0.1, 0.15) is 5.69 Å². The highest BCUT2D eigenvalue weighted by molar-refractivity contribution is 6.31. The number of aromatic nitrogens is 1. The summed E-state index contributed by atoms with van der Waals surface area (Å²) < 4.78 is 0. The molecule has 0 saturated carbocycles. The second-order valence-electron chi connectivity index (χ2n) is 6.18. The van der Waals surface area contributed by atoms with Crippen molar-refractivity contribution in [3.63, 3.8) is 0 Å². The second kappa shape index (κ2) is 8.54. The monoisotopic (exact) mass is 394 g/mol. The molecule has 0 aliphatic carbocycles. The van der Waals surface area contributed by atoms with Crippen molar-refractivity contribution in [1.29, 1.82) is 0 Å². The summed E-state index contributed by atoms with van der Waals surface area (Å²) in [6.45, 7) is 3.37. The van der Waals surface area contributed by atoms with Gasteiger partial charge in [0.2, 0.25) is 5.91 Å². The molecule has 0 saturated heterocycles. The molecule has 0 fully saturated rings. The van der Waals surface area contributed by atoms with Crippen LogP contribution in [0.5, 0.6) is 0 Å². The van der Waals surface area contributed by atoms with Crippen LogP contribution >= 0.6 is 11.6 Å². The van der Waals surface area contributed by atoms with Crippen LogP contribution in [0.1, 0.15) is 23.0 Å². The van der Waals surface area contributed by atoms with Gasteiger partial charge in [-0.3, -0.25) is 9.59 Å². The quantitative estimate of drug-likeness (QED) is 0.568. The first-order valence-corrected chi connectivity index (χ1v) is 8.97. The molecule has 142 valence electrons. The number of pyridine rings is 1. The smallest absolute Gasteiger partial charge is 0.274 e. The zero-order valence-electron chi connectivity index (χ0n) is 15.4. The Morgan fingerprint density at radius 1 is 0.893 bits per heavy atom. The Morgan fingerprint density at radius 2 is 1.54 bits per heavy atom. The summed E-state index contributed by atoms with van der Waals surface area (Å²) in [5.74, 6) is -0.472. The molecule has 0 aliphatic rings. The lowest BCUT2D eigenvalue weighted by Gasteiger charge is -2.11. The van der Waals surface area contributed by atoms with Crippen LogP contribution in [0.2, 0.25) is 5.02 Å². The van der Waals surface area contributed by atoms with Crippen LogP contribution < -0.4 is 16.0 Å². The molecule has 1 heterocycles. The molecule has 0 aliphatic heterocycles. The number of amides is 2. The Morgan fingerprint density at radius 3 is 2.14 bits per heavy atom. The average molecular weight is 395 g/mol. The molecule has 0 radical (unpaired) electrons. The van der Waals surface area contributed by atoms with E-state index < -0.39 is 0 Å². The number of rotatable bonds is 5. The minimum Gasteiger partial charge on any atom is -0.354 e. The highest BCUT2D eigenvalue weighted by Gasteiger charge is 2.09. The molecule has 0 unspecified atom stereocenters. The van der Waals surface area contributed by atoms with Crippen molar-refractivity contribution in [1.82, 2.24) is 4.98 Å². The summed E-state index contributed by atoms with van der Waals surface area (Å²) in [6, 6.07) is 15.9. The minimum atomic E-state index is -0.322. The van der Waals surface area contributed by atoms with Crippen molar-refractivity contribution < 1.29 is 9.59 Å². The fourth-order valence-corrected chi connectivity index (χ4v) is 2.71. The van der Waals surface area contributed by atoms with Gasteiger partial charge in [-0.15, -0.1) is 0 Å². The molecule has 6 nitrogen and oxygen atoms in total. The van der Waals surface area contributed by atoms with Crippen LogP contribution in [0, 0.1) is 6.92 Å². The number of hydrogen-bond donors (Lipinski definition) is 3. The lowest BCUT2D eigenvalue weighted by molar-refractivity contribution is -0.114. The van der Waals surface area contributed by atoms with E-state index in [0.29, 0.717) is 22.1 Å². The molecule has 2 aromatic carbocycles. The van der Waals surface area contributed by atoms with E-state index in [1.54, 1.807) is 42.6 Å². The van der Waals surface area contributed by atoms with Crippen molar-refractivity contribution in [3.8, 4) is 0 Å². The highest BCUT2D eigenvalue weighted by Crippen LogP contribution is 2.26. The van der Waals surface area contributed by atoms with Gasteiger partial charge in [-0.1, -0.05) is 17.7 Å². The largest absolute Gasteiger partial charge is 0.354 e. The van der Waals surface area contributed by atoms with Crippen molar-refractivity contribution in [2.24, 2.45) is 0 Å². The molecule has 7 heteroatoms. The van der Waals surface area contributed by atoms with E-state index in [4.69, 9.17) is 11.6 Å². The fraction of sp³-hybridized carbons (Fsp3) is 0.0952. The van der Waals surface area contributed by atoms with Gasteiger partial charge in [-0.05, 0) is 61.0 Å². The number of benzene rings is 2. The molecule has 0 atom stereocenters. The summed E-state index contributed by atoms with van der Waals surface area (Å²) >= 11 is 6.13. The van der Waals surface area contributed by atoms with Gasteiger partial charge in [-0.25, -0.2) is 4.98 Å². The van der Waals surface area contributed by atoms with E-state index in [1.807, 2.05) is 25.1 Å². The minimum absolute atomic E-state index is 0.150. The third-order valence-corrected chi connectivity index (χ3v) is 4.42. The van der Waals surface area contributed by atoms with Crippen LogP contribution in [-0.4, -0.2) is 16.8 Å². The summed E-state index contributed by atoms with van der Waals surface area (Å²) in [7, 11) is 0. The number of anilines is 4. The topological polar surface area (TPSA) is 83.1 Å². The van der Waals surface area contributed by atoms with Gasteiger partial charge in [0.15, 0.2) is 0 Å². The van der Waals surface area contributed by atoms with Crippen LogP contribution in [0.3, 0.4) is 0 Å². The van der Waals surface area contributed by atoms with Gasteiger partial charge in [-0.2, -0.15) is 0 Å². The maximum absolute atomic E-state index is 12.4. The molecule has 3 N–H and O–H groups in total. The number of carbonyl (C=O) groups excluding carboxylic acids is 2. The van der Waals surface area contributed by atoms with Crippen LogP contribution in [0.25, 0.3) is 0 Å². The van der Waals surface area contributed by atoms with E-state index in [0.717, 1.165) is 16.9 Å². The summed E-state index contributed by atoms with van der Waals surface area (Å²) in [4.78, 5) is 27.6. The molecule has 2 amide bonds. The Hall–Kier alpha value is -3.38. The first kappa shape index (κ1) is 19.4. The van der Waals surface area contributed by atoms with E-state index >= 15 is 0 Å². The maximum atomic E-state index is 12.4. The molecule has 1 aromatic heterocycles. The SMILES string of the molecule is CC(=O)Nc1ccc(NC(=O)c2ccc(Nc3cccc(Cl)c3C)cn2)cc1. The van der Waals surface area contributed by atoms with Gasteiger partial charge in [0.05, 0.1) is 11.9 Å². The lowest BCUT2D eigenvalue weighted by Crippen LogP contribution is -2.13. The van der Waals surface area contributed by atoms with E-state index in [-0.39, 0.29) is 11.8 Å². The van der Waals surface area contributed by atoms with Crippen LogP contribution in [-0.2, 0) is 4.79 Å². The van der Waals surface area contributed by atoms with Crippen molar-refractivity contribution >= 4 is 46.2 Å². The summed E-state index contributed by atoms with van der Waals surface area (Å²) in [6.07, 6.45) is 1.59. The van der Waals surface area contributed by atoms with Gasteiger partial charge in [0, 0.05) is 29.0 Å². The fourth-order valence-electron chi connectivity index (χ4n) is 2.54. The van der Waals surface area contributed by atoms with E-state index in [9.17, 15) is 9.59 Å². The zero-order valence-corrected chi connectivity index (χ0v) is 16.2. The summed E-state index contributed by atoms with van der Waals surface area (Å²) in [5.41, 5.74) is 4.13. The Labute approximate surface area is 168 Å². The first-order chi connectivity index (χ1) is 13.4. The van der Waals surface area contributed by atoms with Gasteiger partial charge >= 0.3 is 0 Å². The van der Waals surface area contributed by atoms with Crippen molar-refractivity contribution in [2.75, 3.05) is 16.0 Å². The number of halogens is 1. The Balaban J connectivity index is 1.65. The Bertz CT molecular complexity index is 1000. The molecular weight excluding hydrogens is 376 g/mol. The number of hydrogen-bond acceptors (Lipinski definition) is 4. The molecule has 28 heavy (non-hydrogen) atoms. The van der Waals surface area contributed by atoms with Crippen molar-refractivity contribution in [2.45, 2.75) is 13.8 Å². The average Bonchev–Trinajstić information content (AvgIpc) is 2.67. The maximum Gasteiger partial charge on any atom is 0.274 e. The zero-order chi connectivity index (χ0) is 20.1. The summed E-state index contributed by atoms with van der Waals surface area (Å²) in [5, 5.41) is 9.36. The highest BCUT2D eigenvalue weighted by atomic mass is 35.5. The van der Waals surface area contributed by atoms with Crippen LogP contribution in [0.4, 0.5) is 22.7 Å². The number of nitrogens with zero attached hydrogens (tertiary/aromatic N) is 1. The predicted octanol–water partition coefficient (Wildman–Crippen LogP) is 5.00. The van der Waals surface area contributed by atoms with E-state index in [2.05, 4.69) is 20.9 Å². The van der Waals surface area contributed by atoms with Crippen molar-refractivity contribution in [3.05, 3.63) is 77.1 Å². The predicted molar refractivity (Wildman–Crippen MR) is 112 cm³/mol. The number of carbonyl (C=O) groups is 2. The number of nitrogens with one attached hydrogen (secondary N) is 3. The van der Waals surface area contributed by atoms with Gasteiger partial charge in [0.25, 0.3) is 5.91 Å². The second-order valence-corrected chi connectivity index (χ2v) is 6.59. The standard InChI is InChI=1S/C21H19ClN4O2/c1-13-18(22)4-3-5-19(13)25-17-10-11-20(23-12-17)21(28)26-16-8-6-15(7-9-16)24-14(2)27/h3-12,25H,1-2H3,(H,24,27)(H,26,28). The third kappa shape index (κ3) is 4.86. The molecule has 3 aromatic rings. The molecule has 0 bridgehead atoms. The normalized spacial score (nSPS) is 10.2. The first-order valence-electron chi connectivity index (χ1n) is 8.59. The lowest BCUT2D eigenvalue weighted by atomic mass is 10.2. The van der Waals surface area contributed by atoms with Crippen LogP contribution in [0.15, 0.2) is 60.8 Å². The molecule has 0 spiro atoms. The van der Waals surface area contributed by atoms with E-state index in [1.165, 1.54) is 6.92 Å². The third-order valence-electron chi connectivity index (χ3n) is 4.01. The Kier molecular flexibility index (Phi) is 5.91. The molecule has 3 rings (SSSR count). The molecular formula is C21H19ClN4O2.